The molecule has 0 aromatic carbocycles. The van der Waals surface area contributed by atoms with E-state index in [0.717, 1.165) is 19.3 Å². The SMILES string of the molecule is CCCCCCCCCCCCC/C=C/C(O)CCC(C)C. The number of unbranched alkanes of at least 4 members (excludes halogenated alkanes) is 11. The van der Waals surface area contributed by atoms with Crippen LogP contribution in [0.4, 0.5) is 0 Å². The van der Waals surface area contributed by atoms with Crippen LogP contribution in [0.15, 0.2) is 12.2 Å². The summed E-state index contributed by atoms with van der Waals surface area (Å²) in [6.07, 6.45) is 22.5. The summed E-state index contributed by atoms with van der Waals surface area (Å²) in [5.74, 6) is 0.690. The van der Waals surface area contributed by atoms with Crippen LogP contribution in [0.2, 0.25) is 0 Å². The van der Waals surface area contributed by atoms with Gasteiger partial charge in [0.25, 0.3) is 0 Å². The fraction of sp³-hybridized carbons (Fsp3) is 0.905. The molecular formula is C21H42O. The Hall–Kier alpha value is -0.300. The molecule has 0 aliphatic heterocycles. The van der Waals surface area contributed by atoms with Gasteiger partial charge in [0.05, 0.1) is 6.10 Å². The van der Waals surface area contributed by atoms with Crippen molar-refractivity contribution in [3.63, 3.8) is 0 Å². The summed E-state index contributed by atoms with van der Waals surface area (Å²) >= 11 is 0. The summed E-state index contributed by atoms with van der Waals surface area (Å²) in [6.45, 7) is 6.70. The van der Waals surface area contributed by atoms with Crippen molar-refractivity contribution in [2.24, 2.45) is 5.92 Å². The van der Waals surface area contributed by atoms with Crippen LogP contribution in [-0.2, 0) is 0 Å². The molecule has 0 radical (unpaired) electrons. The van der Waals surface area contributed by atoms with E-state index in [9.17, 15) is 5.11 Å². The largest absolute Gasteiger partial charge is 0.389 e. The lowest BCUT2D eigenvalue weighted by Gasteiger charge is -2.07. The number of hydrogen-bond acceptors (Lipinski definition) is 1. The van der Waals surface area contributed by atoms with Crippen molar-refractivity contribution in [1.82, 2.24) is 0 Å². The third-order valence-corrected chi connectivity index (χ3v) is 4.37. The summed E-state index contributed by atoms with van der Waals surface area (Å²) in [5.41, 5.74) is 0. The van der Waals surface area contributed by atoms with Crippen LogP contribution >= 0.6 is 0 Å². The van der Waals surface area contributed by atoms with Crippen molar-refractivity contribution < 1.29 is 5.11 Å². The minimum atomic E-state index is -0.227. The molecule has 0 spiro atoms. The van der Waals surface area contributed by atoms with Gasteiger partial charge in [-0.2, -0.15) is 0 Å². The lowest BCUT2D eigenvalue weighted by atomic mass is 10.0. The lowest BCUT2D eigenvalue weighted by molar-refractivity contribution is 0.203. The monoisotopic (exact) mass is 310 g/mol. The first-order valence-electron chi connectivity index (χ1n) is 10.0. The summed E-state index contributed by atoms with van der Waals surface area (Å²) in [6, 6.07) is 0. The van der Waals surface area contributed by atoms with Crippen molar-refractivity contribution in [3.05, 3.63) is 12.2 Å². The summed E-state index contributed by atoms with van der Waals surface area (Å²) < 4.78 is 0. The predicted octanol–water partition coefficient (Wildman–Crippen LogP) is 7.04. The average Bonchev–Trinajstić information content (AvgIpc) is 2.49. The maximum atomic E-state index is 9.79. The van der Waals surface area contributed by atoms with Gasteiger partial charge in [-0.1, -0.05) is 97.1 Å². The Morgan fingerprint density at radius 2 is 1.23 bits per heavy atom. The van der Waals surface area contributed by atoms with Crippen LogP contribution in [0.3, 0.4) is 0 Å². The first kappa shape index (κ1) is 21.7. The minimum absolute atomic E-state index is 0.227. The fourth-order valence-electron chi connectivity index (χ4n) is 2.78. The lowest BCUT2D eigenvalue weighted by Crippen LogP contribution is -2.03. The van der Waals surface area contributed by atoms with Gasteiger partial charge in [0.1, 0.15) is 0 Å². The zero-order valence-electron chi connectivity index (χ0n) is 15.7. The maximum absolute atomic E-state index is 9.79. The molecule has 0 bridgehead atoms. The third kappa shape index (κ3) is 17.8. The molecule has 0 fully saturated rings. The summed E-state index contributed by atoms with van der Waals surface area (Å²) in [5, 5.41) is 9.79. The zero-order valence-corrected chi connectivity index (χ0v) is 15.7. The highest BCUT2D eigenvalue weighted by Crippen LogP contribution is 2.12. The Morgan fingerprint density at radius 1 is 0.727 bits per heavy atom. The number of rotatable bonds is 16. The second kappa shape index (κ2) is 17.1. The van der Waals surface area contributed by atoms with Gasteiger partial charge in [0.15, 0.2) is 0 Å². The molecule has 0 aromatic heterocycles. The molecule has 0 rings (SSSR count). The highest BCUT2D eigenvalue weighted by Gasteiger charge is 2.00. The Balaban J connectivity index is 3.19. The molecule has 1 N–H and O–H groups in total. The average molecular weight is 311 g/mol. The smallest absolute Gasteiger partial charge is 0.0721 e. The summed E-state index contributed by atoms with van der Waals surface area (Å²) in [4.78, 5) is 0. The first-order chi connectivity index (χ1) is 10.7. The van der Waals surface area contributed by atoms with Crippen LogP contribution in [0.5, 0.6) is 0 Å². The minimum Gasteiger partial charge on any atom is -0.389 e. The molecule has 22 heavy (non-hydrogen) atoms. The van der Waals surface area contributed by atoms with Gasteiger partial charge in [-0.05, 0) is 31.6 Å². The molecule has 1 nitrogen and oxygen atoms in total. The van der Waals surface area contributed by atoms with E-state index in [0.29, 0.717) is 5.92 Å². The van der Waals surface area contributed by atoms with Crippen molar-refractivity contribution in [1.29, 1.82) is 0 Å². The molecule has 0 heterocycles. The van der Waals surface area contributed by atoms with Crippen LogP contribution < -0.4 is 0 Å². The number of hydrogen-bond donors (Lipinski definition) is 1. The zero-order chi connectivity index (χ0) is 16.5. The Morgan fingerprint density at radius 3 is 1.73 bits per heavy atom. The predicted molar refractivity (Wildman–Crippen MR) is 100 cm³/mol. The highest BCUT2D eigenvalue weighted by molar-refractivity contribution is 4.88. The second-order valence-electron chi connectivity index (χ2n) is 7.29. The first-order valence-corrected chi connectivity index (χ1v) is 10.0. The van der Waals surface area contributed by atoms with Gasteiger partial charge in [-0.3, -0.25) is 0 Å². The molecule has 0 saturated carbocycles. The molecule has 0 saturated heterocycles. The molecular weight excluding hydrogens is 268 g/mol. The topological polar surface area (TPSA) is 20.2 Å². The normalized spacial score (nSPS) is 13.3. The van der Waals surface area contributed by atoms with Gasteiger partial charge < -0.3 is 5.11 Å². The Labute approximate surface area is 140 Å². The molecule has 1 heteroatoms. The van der Waals surface area contributed by atoms with Crippen LogP contribution in [0.1, 0.15) is 111 Å². The van der Waals surface area contributed by atoms with Gasteiger partial charge in [0, 0.05) is 0 Å². The number of allylic oxidation sites excluding steroid dienone is 1. The van der Waals surface area contributed by atoms with Gasteiger partial charge in [-0.15, -0.1) is 0 Å². The van der Waals surface area contributed by atoms with Crippen molar-refractivity contribution in [3.8, 4) is 0 Å². The summed E-state index contributed by atoms with van der Waals surface area (Å²) in [7, 11) is 0. The maximum Gasteiger partial charge on any atom is 0.0721 e. The van der Waals surface area contributed by atoms with E-state index >= 15 is 0 Å². The van der Waals surface area contributed by atoms with E-state index in [4.69, 9.17) is 0 Å². The molecule has 0 aromatic rings. The second-order valence-corrected chi connectivity index (χ2v) is 7.29. The van der Waals surface area contributed by atoms with Crippen LogP contribution in [0.25, 0.3) is 0 Å². The van der Waals surface area contributed by atoms with Crippen LogP contribution in [0, 0.1) is 5.92 Å². The highest BCUT2D eigenvalue weighted by atomic mass is 16.3. The van der Waals surface area contributed by atoms with Crippen molar-refractivity contribution >= 4 is 0 Å². The van der Waals surface area contributed by atoms with E-state index in [1.807, 2.05) is 6.08 Å². The number of aliphatic hydroxyl groups excluding tert-OH is 1. The molecule has 1 unspecified atom stereocenters. The van der Waals surface area contributed by atoms with E-state index < -0.39 is 0 Å². The van der Waals surface area contributed by atoms with Crippen LogP contribution in [-0.4, -0.2) is 11.2 Å². The fourth-order valence-corrected chi connectivity index (χ4v) is 2.78. The number of aliphatic hydroxyl groups is 1. The van der Waals surface area contributed by atoms with Crippen molar-refractivity contribution in [2.75, 3.05) is 0 Å². The van der Waals surface area contributed by atoms with Gasteiger partial charge >= 0.3 is 0 Å². The molecule has 1 atom stereocenters. The van der Waals surface area contributed by atoms with Crippen molar-refractivity contribution in [2.45, 2.75) is 117 Å². The standard InChI is InChI=1S/C21H42O/c1-4-5-6-7-8-9-10-11-12-13-14-15-16-17-21(22)19-18-20(2)3/h16-17,20-22H,4-15,18-19H2,1-3H3/b17-16+. The molecule has 0 aliphatic rings. The van der Waals surface area contributed by atoms with Gasteiger partial charge in [-0.25, -0.2) is 0 Å². The molecule has 0 amide bonds. The molecule has 0 aliphatic carbocycles. The molecule has 132 valence electrons. The quantitative estimate of drug-likeness (QED) is 0.239. The van der Waals surface area contributed by atoms with E-state index in [-0.39, 0.29) is 6.10 Å². The third-order valence-electron chi connectivity index (χ3n) is 4.37. The van der Waals surface area contributed by atoms with E-state index in [2.05, 4.69) is 26.8 Å². The Kier molecular flexibility index (Phi) is 16.8. The Bertz CT molecular complexity index is 232. The van der Waals surface area contributed by atoms with E-state index in [1.54, 1.807) is 0 Å². The van der Waals surface area contributed by atoms with E-state index in [1.165, 1.54) is 70.6 Å². The van der Waals surface area contributed by atoms with Gasteiger partial charge in [0.2, 0.25) is 0 Å².